The number of benzene rings is 2. The quantitative estimate of drug-likeness (QED) is 0.772. The van der Waals surface area contributed by atoms with Crippen LogP contribution < -0.4 is 19.5 Å². The number of carbonyl (C=O) groups excluding carboxylic acids is 2. The minimum atomic E-state index is -1.08. The van der Waals surface area contributed by atoms with Gasteiger partial charge in [0.05, 0.1) is 6.54 Å². The van der Waals surface area contributed by atoms with Crippen LogP contribution in [-0.4, -0.2) is 42.3 Å². The number of nitrogens with one attached hydrogen (secondary N) is 1. The molecule has 2 aliphatic heterocycles. The minimum Gasteiger partial charge on any atom is -0.489 e. The summed E-state index contributed by atoms with van der Waals surface area (Å²) in [5.74, 6) is 0.507. The summed E-state index contributed by atoms with van der Waals surface area (Å²) >= 11 is 0. The lowest BCUT2D eigenvalue weighted by molar-refractivity contribution is -0.131. The maximum Gasteiger partial charge on any atom is 0.325 e. The second kappa shape index (κ2) is 7.03. The Morgan fingerprint density at radius 2 is 1.96 bits per heavy atom. The van der Waals surface area contributed by atoms with Gasteiger partial charge >= 0.3 is 6.03 Å². The first kappa shape index (κ1) is 18.1. The predicted octanol–water partition coefficient (Wildman–Crippen LogP) is 2.49. The van der Waals surface area contributed by atoms with Crippen molar-refractivity contribution < 1.29 is 28.2 Å². The molecule has 7 nitrogen and oxygen atoms in total. The van der Waals surface area contributed by atoms with Crippen LogP contribution in [-0.2, 0) is 11.2 Å². The number of halogens is 1. The molecule has 3 amide bonds. The van der Waals surface area contributed by atoms with Gasteiger partial charge in [-0.25, -0.2) is 9.18 Å². The Hall–Kier alpha value is -3.29. The van der Waals surface area contributed by atoms with Gasteiger partial charge in [0.15, 0.2) is 23.1 Å². The summed E-state index contributed by atoms with van der Waals surface area (Å²) in [7, 11) is 0. The molecule has 0 saturated carbocycles. The Balaban J connectivity index is 1.40. The molecule has 2 heterocycles. The molecule has 1 atom stereocenters. The van der Waals surface area contributed by atoms with E-state index in [0.717, 1.165) is 10.5 Å². The van der Waals surface area contributed by atoms with Crippen molar-refractivity contribution in [1.29, 1.82) is 0 Å². The smallest absolute Gasteiger partial charge is 0.325 e. The van der Waals surface area contributed by atoms with Crippen LogP contribution >= 0.6 is 0 Å². The summed E-state index contributed by atoms with van der Waals surface area (Å²) < 4.78 is 29.6. The second-order valence-electron chi connectivity index (χ2n) is 6.86. The predicted molar refractivity (Wildman–Crippen MR) is 96.8 cm³/mol. The maximum atomic E-state index is 13.6. The normalized spacial score (nSPS) is 20.4. The topological polar surface area (TPSA) is 77.1 Å². The molecule has 1 fully saturated rings. The third-order valence-electron chi connectivity index (χ3n) is 4.75. The summed E-state index contributed by atoms with van der Waals surface area (Å²) in [4.78, 5) is 26.2. The number of amides is 3. The Bertz CT molecular complexity index is 935. The third kappa shape index (κ3) is 3.33. The summed E-state index contributed by atoms with van der Waals surface area (Å²) in [5.41, 5.74) is -0.243. The number of urea groups is 1. The van der Waals surface area contributed by atoms with Crippen LogP contribution in [0, 0.1) is 5.82 Å². The highest BCUT2D eigenvalue weighted by molar-refractivity contribution is 6.07. The van der Waals surface area contributed by atoms with E-state index in [0.29, 0.717) is 17.9 Å². The average Bonchev–Trinajstić information content (AvgIpc) is 3.20. The molecular weight excluding hydrogens is 367 g/mol. The zero-order chi connectivity index (χ0) is 19.7. The van der Waals surface area contributed by atoms with Gasteiger partial charge in [0.1, 0.15) is 12.1 Å². The molecule has 0 bridgehead atoms. The molecule has 28 heavy (non-hydrogen) atoms. The molecular formula is C20H19FN2O5. The van der Waals surface area contributed by atoms with Crippen molar-refractivity contribution in [3.8, 4) is 17.2 Å². The Kier molecular flexibility index (Phi) is 4.54. The first-order valence-corrected chi connectivity index (χ1v) is 8.86. The molecule has 1 N–H and O–H groups in total. The molecule has 146 valence electrons. The lowest BCUT2D eigenvalue weighted by Crippen LogP contribution is -2.46. The summed E-state index contributed by atoms with van der Waals surface area (Å²) in [6, 6.07) is 10.9. The number of rotatable bonds is 6. The van der Waals surface area contributed by atoms with Crippen LogP contribution in [0.15, 0.2) is 42.5 Å². The van der Waals surface area contributed by atoms with Gasteiger partial charge in [0, 0.05) is 6.42 Å². The second-order valence-corrected chi connectivity index (χ2v) is 6.86. The van der Waals surface area contributed by atoms with E-state index < -0.39 is 17.4 Å². The van der Waals surface area contributed by atoms with Crippen LogP contribution in [0.25, 0.3) is 0 Å². The average molecular weight is 386 g/mol. The van der Waals surface area contributed by atoms with E-state index in [-0.39, 0.29) is 31.6 Å². The van der Waals surface area contributed by atoms with Crippen LogP contribution in [0.1, 0.15) is 12.5 Å². The van der Waals surface area contributed by atoms with Crippen molar-refractivity contribution in [2.45, 2.75) is 18.9 Å². The number of imide groups is 1. The molecule has 2 aliphatic rings. The van der Waals surface area contributed by atoms with Gasteiger partial charge < -0.3 is 19.5 Å². The number of nitrogens with zero attached hydrogens (tertiary/aromatic N) is 1. The van der Waals surface area contributed by atoms with Gasteiger partial charge in [0.25, 0.3) is 5.91 Å². The van der Waals surface area contributed by atoms with E-state index in [1.807, 2.05) is 6.07 Å². The number of para-hydroxylation sites is 1. The van der Waals surface area contributed by atoms with Gasteiger partial charge in [0.2, 0.25) is 6.79 Å². The maximum absolute atomic E-state index is 13.6. The highest BCUT2D eigenvalue weighted by Gasteiger charge is 2.47. The van der Waals surface area contributed by atoms with Gasteiger partial charge in [-0.3, -0.25) is 9.69 Å². The Morgan fingerprint density at radius 3 is 2.79 bits per heavy atom. The number of ether oxygens (including phenoxy) is 3. The number of carbonyl (C=O) groups is 2. The van der Waals surface area contributed by atoms with E-state index in [1.54, 1.807) is 31.2 Å². The zero-order valence-corrected chi connectivity index (χ0v) is 15.2. The van der Waals surface area contributed by atoms with Crippen molar-refractivity contribution in [3.05, 3.63) is 53.8 Å². The molecule has 0 radical (unpaired) electrons. The molecule has 2 aromatic rings. The fourth-order valence-electron chi connectivity index (χ4n) is 3.34. The van der Waals surface area contributed by atoms with E-state index in [2.05, 4.69) is 5.32 Å². The monoisotopic (exact) mass is 386 g/mol. The van der Waals surface area contributed by atoms with Gasteiger partial charge in [-0.1, -0.05) is 18.2 Å². The largest absolute Gasteiger partial charge is 0.489 e. The Labute approximate surface area is 161 Å². The highest BCUT2D eigenvalue weighted by atomic mass is 19.1. The Morgan fingerprint density at radius 1 is 1.18 bits per heavy atom. The van der Waals surface area contributed by atoms with E-state index >= 15 is 0 Å². The number of hydrogen-bond acceptors (Lipinski definition) is 5. The highest BCUT2D eigenvalue weighted by Crippen LogP contribution is 2.34. The zero-order valence-electron chi connectivity index (χ0n) is 15.2. The van der Waals surface area contributed by atoms with Crippen molar-refractivity contribution in [1.82, 2.24) is 10.2 Å². The first-order chi connectivity index (χ1) is 13.5. The number of fused-ring (bicyclic) bond motifs is 1. The third-order valence-corrected chi connectivity index (χ3v) is 4.75. The lowest BCUT2D eigenvalue weighted by atomic mass is 9.92. The molecule has 0 aromatic heterocycles. The van der Waals surface area contributed by atoms with Gasteiger partial charge in [-0.2, -0.15) is 0 Å². The molecule has 1 saturated heterocycles. The van der Waals surface area contributed by atoms with Crippen molar-refractivity contribution in [2.75, 3.05) is 19.9 Å². The van der Waals surface area contributed by atoms with Crippen LogP contribution in [0.2, 0.25) is 0 Å². The molecule has 1 unspecified atom stereocenters. The van der Waals surface area contributed by atoms with E-state index in [1.165, 1.54) is 12.1 Å². The van der Waals surface area contributed by atoms with Crippen molar-refractivity contribution in [3.63, 3.8) is 0 Å². The fraction of sp³-hybridized carbons (Fsp3) is 0.300. The van der Waals surface area contributed by atoms with Gasteiger partial charge in [-0.15, -0.1) is 0 Å². The minimum absolute atomic E-state index is 0.000196. The molecule has 8 heteroatoms. The van der Waals surface area contributed by atoms with Crippen molar-refractivity contribution >= 4 is 11.9 Å². The molecule has 2 aromatic carbocycles. The molecule has 4 rings (SSSR count). The van der Waals surface area contributed by atoms with E-state index in [9.17, 15) is 14.0 Å². The van der Waals surface area contributed by atoms with Gasteiger partial charge in [-0.05, 0) is 36.8 Å². The van der Waals surface area contributed by atoms with Crippen molar-refractivity contribution in [2.24, 2.45) is 0 Å². The van der Waals surface area contributed by atoms with Crippen LogP contribution in [0.4, 0.5) is 9.18 Å². The molecule has 0 spiro atoms. The first-order valence-electron chi connectivity index (χ1n) is 8.86. The number of hydrogen-bond donors (Lipinski definition) is 1. The summed E-state index contributed by atoms with van der Waals surface area (Å²) in [6.45, 7) is 1.87. The standard InChI is InChI=1S/C20H19FN2O5/c1-20(11-13-6-7-16-17(10-13)28-12-27-16)18(24)23(19(25)22-20)8-9-26-15-5-3-2-4-14(15)21/h2-7,10H,8-9,11-12H2,1H3,(H,22,25). The SMILES string of the molecule is CC1(Cc2ccc3c(c2)OCO3)NC(=O)N(CCOc2ccccc2F)C1=O. The van der Waals surface area contributed by atoms with E-state index in [4.69, 9.17) is 14.2 Å². The molecule has 0 aliphatic carbocycles. The summed E-state index contributed by atoms with van der Waals surface area (Å²) in [5, 5.41) is 2.74. The van der Waals surface area contributed by atoms with Crippen LogP contribution in [0.5, 0.6) is 17.2 Å². The lowest BCUT2D eigenvalue weighted by Gasteiger charge is -2.22. The van der Waals surface area contributed by atoms with Crippen LogP contribution in [0.3, 0.4) is 0 Å². The summed E-state index contributed by atoms with van der Waals surface area (Å²) in [6.07, 6.45) is 0.304. The fourth-order valence-corrected chi connectivity index (χ4v) is 3.34.